The quantitative estimate of drug-likeness (QED) is 0.725. The molecule has 0 aliphatic heterocycles. The highest BCUT2D eigenvalue weighted by atomic mass is 15.3. The van der Waals surface area contributed by atoms with Gasteiger partial charge in [-0.2, -0.15) is 10.2 Å². The number of hydrogen-bond acceptors (Lipinski definition) is 3. The van der Waals surface area contributed by atoms with E-state index in [2.05, 4.69) is 36.1 Å². The summed E-state index contributed by atoms with van der Waals surface area (Å²) >= 11 is 0. The molecular weight excluding hydrogens is 262 g/mol. The van der Waals surface area contributed by atoms with Gasteiger partial charge in [0.2, 0.25) is 0 Å². The molecule has 3 aromatic rings. The van der Waals surface area contributed by atoms with Gasteiger partial charge in [-0.1, -0.05) is 0 Å². The molecule has 1 aliphatic carbocycles. The minimum Gasteiger partial charge on any atom is -0.266 e. The van der Waals surface area contributed by atoms with Crippen LogP contribution in [0.4, 0.5) is 0 Å². The molecule has 1 aliphatic rings. The first-order chi connectivity index (χ1) is 10.0. The number of imidazole rings is 1. The Bertz CT molecular complexity index is 851. The first-order valence-electron chi connectivity index (χ1n) is 7.42. The van der Waals surface area contributed by atoms with Gasteiger partial charge in [0.05, 0.1) is 22.8 Å². The molecule has 108 valence electrons. The van der Waals surface area contributed by atoms with Crippen molar-refractivity contribution in [3.63, 3.8) is 0 Å². The van der Waals surface area contributed by atoms with Gasteiger partial charge in [0.25, 0.3) is 0 Å². The minimum absolute atomic E-state index is 0.659. The van der Waals surface area contributed by atoms with E-state index in [4.69, 9.17) is 5.10 Å². The molecule has 0 spiro atoms. The third kappa shape index (κ3) is 1.87. The van der Waals surface area contributed by atoms with E-state index >= 15 is 0 Å². The second-order valence-electron chi connectivity index (χ2n) is 6.08. The van der Waals surface area contributed by atoms with E-state index in [1.165, 1.54) is 18.5 Å². The van der Waals surface area contributed by atoms with Crippen molar-refractivity contribution >= 4 is 5.65 Å². The molecule has 0 saturated heterocycles. The number of aryl methyl sites for hydroxylation is 4. The highest BCUT2D eigenvalue weighted by Crippen LogP contribution is 2.40. The lowest BCUT2D eigenvalue weighted by Crippen LogP contribution is -2.02. The third-order valence-corrected chi connectivity index (χ3v) is 4.39. The van der Waals surface area contributed by atoms with E-state index in [9.17, 15) is 0 Å². The van der Waals surface area contributed by atoms with E-state index in [1.807, 2.05) is 23.2 Å². The average molecular weight is 281 g/mol. The number of rotatable bonds is 2. The largest absolute Gasteiger partial charge is 0.266 e. The maximum atomic E-state index is 4.77. The summed E-state index contributed by atoms with van der Waals surface area (Å²) in [5.41, 5.74) is 7.45. The first-order valence-corrected chi connectivity index (χ1v) is 7.42. The molecule has 3 aromatic heterocycles. The first kappa shape index (κ1) is 12.6. The fourth-order valence-electron chi connectivity index (χ4n) is 2.82. The van der Waals surface area contributed by atoms with Gasteiger partial charge in [-0.25, -0.2) is 9.50 Å². The molecule has 21 heavy (non-hydrogen) atoms. The van der Waals surface area contributed by atoms with Gasteiger partial charge in [-0.05, 0) is 51.3 Å². The number of nitrogens with zero attached hydrogens (tertiary/aromatic N) is 5. The van der Waals surface area contributed by atoms with E-state index in [0.717, 1.165) is 34.0 Å². The Kier molecular flexibility index (Phi) is 2.49. The highest BCUT2D eigenvalue weighted by Gasteiger charge is 2.27. The van der Waals surface area contributed by atoms with Crippen LogP contribution in [0.15, 0.2) is 12.1 Å². The lowest BCUT2D eigenvalue weighted by molar-refractivity contribution is 0.744. The van der Waals surface area contributed by atoms with Crippen LogP contribution in [0.5, 0.6) is 0 Å². The van der Waals surface area contributed by atoms with Crippen LogP contribution in [-0.2, 0) is 7.05 Å². The highest BCUT2D eigenvalue weighted by molar-refractivity contribution is 5.61. The summed E-state index contributed by atoms with van der Waals surface area (Å²) in [5.74, 6) is 0.659. The molecule has 0 bridgehead atoms. The van der Waals surface area contributed by atoms with E-state index in [0.29, 0.717) is 5.92 Å². The van der Waals surface area contributed by atoms with Crippen molar-refractivity contribution in [3.8, 4) is 11.4 Å². The maximum absolute atomic E-state index is 4.77. The standard InChI is InChI=1S/C16H19N5/c1-9-7-14(19-21-11(3)10(2)17-16(9)21)15-8-13(12-5-6-12)18-20(15)4/h7-8,12H,5-6H2,1-4H3. The topological polar surface area (TPSA) is 48.0 Å². The molecule has 3 heterocycles. The SMILES string of the molecule is Cc1nc2c(C)cc(-c3cc(C4CC4)nn3C)nn2c1C. The normalized spacial score (nSPS) is 15.0. The predicted octanol–water partition coefficient (Wildman–Crippen LogP) is 2.93. The van der Waals surface area contributed by atoms with E-state index < -0.39 is 0 Å². The molecule has 4 rings (SSSR count). The minimum atomic E-state index is 0.659. The summed E-state index contributed by atoms with van der Waals surface area (Å²) in [6, 6.07) is 4.29. The van der Waals surface area contributed by atoms with Crippen LogP contribution in [0.3, 0.4) is 0 Å². The van der Waals surface area contributed by atoms with Crippen LogP contribution in [0, 0.1) is 20.8 Å². The van der Waals surface area contributed by atoms with Crippen molar-refractivity contribution in [1.29, 1.82) is 0 Å². The summed E-state index contributed by atoms with van der Waals surface area (Å²) < 4.78 is 3.89. The van der Waals surface area contributed by atoms with Crippen molar-refractivity contribution in [2.45, 2.75) is 39.5 Å². The van der Waals surface area contributed by atoms with Gasteiger partial charge in [-0.15, -0.1) is 0 Å². The van der Waals surface area contributed by atoms with E-state index in [1.54, 1.807) is 0 Å². The van der Waals surface area contributed by atoms with Crippen LogP contribution in [0.1, 0.15) is 41.4 Å². The van der Waals surface area contributed by atoms with Crippen LogP contribution in [0.2, 0.25) is 0 Å². The number of fused-ring (bicyclic) bond motifs is 1. The smallest absolute Gasteiger partial charge is 0.157 e. The molecule has 0 aromatic carbocycles. The van der Waals surface area contributed by atoms with Crippen LogP contribution in [0.25, 0.3) is 17.0 Å². The van der Waals surface area contributed by atoms with Gasteiger partial charge in [0.1, 0.15) is 5.69 Å². The Balaban J connectivity index is 1.91. The Morgan fingerprint density at radius 3 is 2.57 bits per heavy atom. The fourth-order valence-corrected chi connectivity index (χ4v) is 2.82. The third-order valence-electron chi connectivity index (χ3n) is 4.39. The Morgan fingerprint density at radius 2 is 1.86 bits per heavy atom. The summed E-state index contributed by atoms with van der Waals surface area (Å²) in [6.45, 7) is 6.17. The molecular formula is C16H19N5. The van der Waals surface area contributed by atoms with Gasteiger partial charge in [0.15, 0.2) is 5.65 Å². The molecule has 5 heteroatoms. The van der Waals surface area contributed by atoms with Gasteiger partial charge < -0.3 is 0 Å². The molecule has 1 fully saturated rings. The van der Waals surface area contributed by atoms with Crippen LogP contribution < -0.4 is 0 Å². The van der Waals surface area contributed by atoms with Crippen LogP contribution >= 0.6 is 0 Å². The van der Waals surface area contributed by atoms with Crippen molar-refractivity contribution in [1.82, 2.24) is 24.4 Å². The second kappa shape index (κ2) is 4.16. The van der Waals surface area contributed by atoms with Gasteiger partial charge in [-0.3, -0.25) is 4.68 Å². The summed E-state index contributed by atoms with van der Waals surface area (Å²) in [7, 11) is 1.99. The molecule has 0 unspecified atom stereocenters. The monoisotopic (exact) mass is 281 g/mol. The lowest BCUT2D eigenvalue weighted by Gasteiger charge is -2.05. The summed E-state index contributed by atoms with van der Waals surface area (Å²) in [5, 5.41) is 9.41. The van der Waals surface area contributed by atoms with Gasteiger partial charge >= 0.3 is 0 Å². The average Bonchev–Trinajstić information content (AvgIpc) is 3.17. The van der Waals surface area contributed by atoms with Gasteiger partial charge in [0, 0.05) is 13.0 Å². The number of aromatic nitrogens is 5. The van der Waals surface area contributed by atoms with Crippen molar-refractivity contribution in [3.05, 3.63) is 34.8 Å². The zero-order valence-electron chi connectivity index (χ0n) is 12.9. The zero-order valence-corrected chi connectivity index (χ0v) is 12.9. The molecule has 0 radical (unpaired) electrons. The van der Waals surface area contributed by atoms with Crippen molar-refractivity contribution in [2.75, 3.05) is 0 Å². The van der Waals surface area contributed by atoms with Crippen molar-refractivity contribution < 1.29 is 0 Å². The molecule has 0 atom stereocenters. The molecule has 0 N–H and O–H groups in total. The predicted molar refractivity (Wildman–Crippen MR) is 81.4 cm³/mol. The fraction of sp³-hybridized carbons (Fsp3) is 0.438. The van der Waals surface area contributed by atoms with Crippen LogP contribution in [-0.4, -0.2) is 24.4 Å². The molecule has 5 nitrogen and oxygen atoms in total. The zero-order chi connectivity index (χ0) is 14.7. The maximum Gasteiger partial charge on any atom is 0.157 e. The number of hydrogen-bond donors (Lipinski definition) is 0. The van der Waals surface area contributed by atoms with E-state index in [-0.39, 0.29) is 0 Å². The summed E-state index contributed by atoms with van der Waals surface area (Å²) in [4.78, 5) is 4.59. The Hall–Kier alpha value is -2.17. The lowest BCUT2D eigenvalue weighted by atomic mass is 10.2. The Labute approximate surface area is 123 Å². The molecule has 0 amide bonds. The van der Waals surface area contributed by atoms with Crippen molar-refractivity contribution in [2.24, 2.45) is 7.05 Å². The second-order valence-corrected chi connectivity index (χ2v) is 6.08. The molecule has 1 saturated carbocycles. The summed E-state index contributed by atoms with van der Waals surface area (Å²) in [6.07, 6.45) is 2.53. The Morgan fingerprint density at radius 1 is 1.10 bits per heavy atom.